The quantitative estimate of drug-likeness (QED) is 0.842. The number of aryl methyl sites for hydroxylation is 3. The number of carbonyl (C=O) groups is 1. The summed E-state index contributed by atoms with van der Waals surface area (Å²) in [7, 11) is 0. The molecule has 1 aromatic carbocycles. The summed E-state index contributed by atoms with van der Waals surface area (Å²) in [5.41, 5.74) is 1.58. The van der Waals surface area contributed by atoms with E-state index in [1.54, 1.807) is 11.0 Å². The van der Waals surface area contributed by atoms with Crippen LogP contribution in [0.4, 0.5) is 0 Å². The number of aromatic nitrogens is 1. The van der Waals surface area contributed by atoms with Gasteiger partial charge in [-0.3, -0.25) is 4.79 Å². The molecule has 0 radical (unpaired) electrons. The lowest BCUT2D eigenvalue weighted by molar-refractivity contribution is -0.0533. The van der Waals surface area contributed by atoms with Crippen LogP contribution in [0.1, 0.15) is 53.6 Å². The van der Waals surface area contributed by atoms with Crippen LogP contribution in [0.2, 0.25) is 0 Å². The molecule has 0 bridgehead atoms. The maximum absolute atomic E-state index is 12.7. The van der Waals surface area contributed by atoms with Gasteiger partial charge in [-0.2, -0.15) is 0 Å². The van der Waals surface area contributed by atoms with E-state index in [1.807, 2.05) is 39.0 Å². The van der Waals surface area contributed by atoms with Crippen LogP contribution >= 0.6 is 0 Å². The van der Waals surface area contributed by atoms with Crippen LogP contribution in [0, 0.1) is 13.8 Å². The molecule has 1 saturated heterocycles. The maximum atomic E-state index is 12.7. The molecule has 0 spiro atoms. The molecule has 1 N–H and O–H groups in total. The Balaban J connectivity index is 1.62. The first-order valence-electron chi connectivity index (χ1n) is 9.57. The van der Waals surface area contributed by atoms with Gasteiger partial charge in [-0.05, 0) is 56.4 Å². The molecule has 0 aliphatic carbocycles. The minimum Gasteiger partial charge on any atom is -0.491 e. The van der Waals surface area contributed by atoms with Gasteiger partial charge in [0.15, 0.2) is 5.69 Å². The van der Waals surface area contributed by atoms with Crippen molar-refractivity contribution >= 4 is 5.91 Å². The van der Waals surface area contributed by atoms with Crippen LogP contribution in [0.15, 0.2) is 28.8 Å². The lowest BCUT2D eigenvalue weighted by Gasteiger charge is -2.38. The van der Waals surface area contributed by atoms with E-state index in [2.05, 4.69) is 5.16 Å². The number of nitrogens with zero attached hydrogens (tertiary/aromatic N) is 2. The average Bonchev–Trinajstić information content (AvgIpc) is 3.11. The Morgan fingerprint density at radius 3 is 2.89 bits per heavy atom. The van der Waals surface area contributed by atoms with Gasteiger partial charge in [-0.15, -0.1) is 0 Å². The third-order valence-corrected chi connectivity index (χ3v) is 5.10. The van der Waals surface area contributed by atoms with Gasteiger partial charge < -0.3 is 19.3 Å². The van der Waals surface area contributed by atoms with Crippen LogP contribution in [0.5, 0.6) is 5.75 Å². The van der Waals surface area contributed by atoms with Crippen molar-refractivity contribution in [3.05, 3.63) is 46.8 Å². The van der Waals surface area contributed by atoms with Crippen molar-refractivity contribution in [1.82, 2.24) is 10.1 Å². The average molecular weight is 372 g/mol. The number of amides is 1. The number of aliphatic hydroxyl groups is 1. The highest BCUT2D eigenvalue weighted by atomic mass is 16.5. The zero-order chi connectivity index (χ0) is 19.4. The molecule has 1 atom stereocenters. The van der Waals surface area contributed by atoms with Crippen molar-refractivity contribution in [2.45, 2.75) is 52.1 Å². The molecule has 146 valence electrons. The number of β-amino-alcohol motifs (C(OH)–C–C–N with tert-alkyl or cyclic N) is 1. The number of hydrogen-bond donors (Lipinski definition) is 1. The summed E-state index contributed by atoms with van der Waals surface area (Å²) in [6.45, 7) is 7.10. The van der Waals surface area contributed by atoms with Crippen molar-refractivity contribution in [2.75, 3.05) is 19.7 Å². The Morgan fingerprint density at radius 1 is 1.33 bits per heavy atom. The predicted molar refractivity (Wildman–Crippen MR) is 102 cm³/mol. The van der Waals surface area contributed by atoms with Crippen molar-refractivity contribution in [3.8, 4) is 5.75 Å². The molecule has 1 amide bonds. The highest BCUT2D eigenvalue weighted by Crippen LogP contribution is 2.25. The summed E-state index contributed by atoms with van der Waals surface area (Å²) in [6, 6.07) is 7.58. The SMILES string of the molecule is CCCc1cc(C(=O)N2CCCC(O)(COc3ccc(C)c(C)c3)C2)no1. The number of ether oxygens (including phenoxy) is 1. The van der Waals surface area contributed by atoms with Gasteiger partial charge in [0, 0.05) is 19.0 Å². The fraction of sp³-hybridized carbons (Fsp3) is 0.524. The lowest BCUT2D eigenvalue weighted by atomic mass is 9.93. The van der Waals surface area contributed by atoms with E-state index in [0.717, 1.165) is 30.6 Å². The van der Waals surface area contributed by atoms with E-state index >= 15 is 0 Å². The summed E-state index contributed by atoms with van der Waals surface area (Å²) >= 11 is 0. The monoisotopic (exact) mass is 372 g/mol. The van der Waals surface area contributed by atoms with Crippen LogP contribution in [0.25, 0.3) is 0 Å². The summed E-state index contributed by atoms with van der Waals surface area (Å²) in [5, 5.41) is 14.8. The highest BCUT2D eigenvalue weighted by molar-refractivity contribution is 5.92. The normalized spacial score (nSPS) is 19.9. The summed E-state index contributed by atoms with van der Waals surface area (Å²) < 4.78 is 11.0. The Labute approximate surface area is 160 Å². The number of benzene rings is 1. The van der Waals surface area contributed by atoms with Crippen LogP contribution < -0.4 is 4.74 Å². The number of likely N-dealkylation sites (tertiary alicyclic amines) is 1. The first-order valence-corrected chi connectivity index (χ1v) is 9.57. The maximum Gasteiger partial charge on any atom is 0.276 e. The molecule has 1 aliphatic heterocycles. The van der Waals surface area contributed by atoms with E-state index in [4.69, 9.17) is 9.26 Å². The standard InChI is InChI=1S/C21H28N2O4/c1-4-6-18-12-19(22-27-18)20(24)23-10-5-9-21(25,13-23)14-26-17-8-7-15(2)16(3)11-17/h7-8,11-12,25H,4-6,9-10,13-14H2,1-3H3. The molecular formula is C21H28N2O4. The third-order valence-electron chi connectivity index (χ3n) is 5.10. The minimum atomic E-state index is -1.07. The van der Waals surface area contributed by atoms with E-state index in [9.17, 15) is 9.90 Å². The van der Waals surface area contributed by atoms with Crippen LogP contribution in [-0.4, -0.2) is 46.4 Å². The molecular weight excluding hydrogens is 344 g/mol. The molecule has 1 fully saturated rings. The molecule has 1 aliphatic rings. The van der Waals surface area contributed by atoms with Gasteiger partial charge >= 0.3 is 0 Å². The molecule has 27 heavy (non-hydrogen) atoms. The van der Waals surface area contributed by atoms with Gasteiger partial charge in [0.2, 0.25) is 0 Å². The van der Waals surface area contributed by atoms with Gasteiger partial charge in [0.25, 0.3) is 5.91 Å². The molecule has 6 nitrogen and oxygen atoms in total. The smallest absolute Gasteiger partial charge is 0.276 e. The Morgan fingerprint density at radius 2 is 2.15 bits per heavy atom. The zero-order valence-electron chi connectivity index (χ0n) is 16.3. The second-order valence-electron chi connectivity index (χ2n) is 7.52. The van der Waals surface area contributed by atoms with Crippen molar-refractivity contribution < 1.29 is 19.2 Å². The molecule has 6 heteroatoms. The summed E-state index contributed by atoms with van der Waals surface area (Å²) in [6.07, 6.45) is 3.01. The molecule has 0 saturated carbocycles. The van der Waals surface area contributed by atoms with Crippen molar-refractivity contribution in [1.29, 1.82) is 0 Å². The first kappa shape index (κ1) is 19.4. The van der Waals surface area contributed by atoms with Gasteiger partial charge in [-0.25, -0.2) is 0 Å². The van der Waals surface area contributed by atoms with Crippen molar-refractivity contribution in [2.24, 2.45) is 0 Å². The van der Waals surface area contributed by atoms with Gasteiger partial charge in [0.1, 0.15) is 23.7 Å². The van der Waals surface area contributed by atoms with Crippen LogP contribution in [0.3, 0.4) is 0 Å². The van der Waals surface area contributed by atoms with Crippen LogP contribution in [-0.2, 0) is 6.42 Å². The molecule has 3 rings (SSSR count). The zero-order valence-corrected chi connectivity index (χ0v) is 16.3. The molecule has 1 aromatic heterocycles. The highest BCUT2D eigenvalue weighted by Gasteiger charge is 2.37. The summed E-state index contributed by atoms with van der Waals surface area (Å²) in [5.74, 6) is 1.24. The predicted octanol–water partition coefficient (Wildman–Crippen LogP) is 3.29. The Hall–Kier alpha value is -2.34. The number of rotatable bonds is 6. The van der Waals surface area contributed by atoms with E-state index in [1.165, 1.54) is 5.56 Å². The van der Waals surface area contributed by atoms with Crippen molar-refractivity contribution in [3.63, 3.8) is 0 Å². The first-order chi connectivity index (χ1) is 12.9. The summed E-state index contributed by atoms with van der Waals surface area (Å²) in [4.78, 5) is 14.4. The fourth-order valence-corrected chi connectivity index (χ4v) is 3.36. The fourth-order valence-electron chi connectivity index (χ4n) is 3.36. The largest absolute Gasteiger partial charge is 0.491 e. The Bertz CT molecular complexity index is 801. The lowest BCUT2D eigenvalue weighted by Crippen LogP contribution is -2.53. The topological polar surface area (TPSA) is 75.8 Å². The van der Waals surface area contributed by atoms with Gasteiger partial charge in [0.05, 0.1) is 6.54 Å². The Kier molecular flexibility index (Phi) is 5.85. The minimum absolute atomic E-state index is 0.152. The number of hydrogen-bond acceptors (Lipinski definition) is 5. The van der Waals surface area contributed by atoms with E-state index < -0.39 is 5.60 Å². The molecule has 1 unspecified atom stereocenters. The molecule has 2 heterocycles. The second-order valence-corrected chi connectivity index (χ2v) is 7.52. The number of carbonyl (C=O) groups excluding carboxylic acids is 1. The third kappa shape index (κ3) is 4.69. The van der Waals surface area contributed by atoms with E-state index in [0.29, 0.717) is 24.4 Å². The second kappa shape index (κ2) is 8.13. The van der Waals surface area contributed by atoms with E-state index in [-0.39, 0.29) is 19.1 Å². The molecule has 2 aromatic rings. The van der Waals surface area contributed by atoms with Gasteiger partial charge in [-0.1, -0.05) is 18.1 Å². The number of piperidine rings is 1.